The Balaban J connectivity index is 1.41. The molecule has 0 radical (unpaired) electrons. The molecule has 2 heterocycles. The van der Waals surface area contributed by atoms with Gasteiger partial charge in [0.15, 0.2) is 6.29 Å². The van der Waals surface area contributed by atoms with E-state index in [4.69, 9.17) is 14.2 Å². The molecule has 0 N–H and O–H groups in total. The minimum absolute atomic E-state index is 0.0211. The van der Waals surface area contributed by atoms with Crippen LogP contribution >= 0.6 is 0 Å². The van der Waals surface area contributed by atoms with Crippen LogP contribution in [-0.2, 0) is 9.47 Å². The fraction of sp³-hybridized carbons (Fsp3) is 0.625. The van der Waals surface area contributed by atoms with E-state index in [9.17, 15) is 0 Å². The highest BCUT2D eigenvalue weighted by molar-refractivity contribution is 5.20. The second-order valence-corrected chi connectivity index (χ2v) is 5.47. The van der Waals surface area contributed by atoms with Gasteiger partial charge in [0, 0.05) is 19.0 Å². The van der Waals surface area contributed by atoms with E-state index in [0.717, 1.165) is 45.2 Å². The molecule has 0 amide bonds. The van der Waals surface area contributed by atoms with E-state index in [0.29, 0.717) is 5.92 Å². The van der Waals surface area contributed by atoms with Crippen LogP contribution in [0.2, 0.25) is 0 Å². The molecule has 4 nitrogen and oxygen atoms in total. The molecule has 1 aromatic rings. The van der Waals surface area contributed by atoms with Gasteiger partial charge >= 0.3 is 0 Å². The molecule has 2 aliphatic rings. The number of hydrogen-bond donors (Lipinski definition) is 0. The van der Waals surface area contributed by atoms with Crippen molar-refractivity contribution in [2.24, 2.45) is 5.92 Å². The van der Waals surface area contributed by atoms with Crippen molar-refractivity contribution in [1.82, 2.24) is 4.90 Å². The highest BCUT2D eigenvalue weighted by atomic mass is 16.7. The van der Waals surface area contributed by atoms with Crippen molar-refractivity contribution in [2.75, 3.05) is 39.5 Å². The van der Waals surface area contributed by atoms with Crippen LogP contribution in [0, 0.1) is 5.92 Å². The highest BCUT2D eigenvalue weighted by Crippen LogP contribution is 2.24. The van der Waals surface area contributed by atoms with Gasteiger partial charge in [-0.15, -0.1) is 0 Å². The van der Waals surface area contributed by atoms with E-state index in [1.807, 2.05) is 30.3 Å². The number of para-hydroxylation sites is 1. The van der Waals surface area contributed by atoms with E-state index in [1.165, 1.54) is 12.8 Å². The summed E-state index contributed by atoms with van der Waals surface area (Å²) in [5.74, 6) is 1.46. The Bertz CT molecular complexity index is 392. The van der Waals surface area contributed by atoms with Crippen molar-refractivity contribution in [3.8, 4) is 5.75 Å². The Morgan fingerprint density at radius 3 is 2.75 bits per heavy atom. The first-order valence-electron chi connectivity index (χ1n) is 7.55. The van der Waals surface area contributed by atoms with Crippen LogP contribution in [0.4, 0.5) is 0 Å². The largest absolute Gasteiger partial charge is 0.492 e. The number of nitrogens with zero attached hydrogens (tertiary/aromatic N) is 1. The molecule has 0 aliphatic carbocycles. The molecule has 3 rings (SSSR count). The van der Waals surface area contributed by atoms with E-state index < -0.39 is 0 Å². The van der Waals surface area contributed by atoms with Gasteiger partial charge in [-0.3, -0.25) is 4.90 Å². The lowest BCUT2D eigenvalue weighted by molar-refractivity contribution is -0.100. The smallest absolute Gasteiger partial charge is 0.161 e. The zero-order chi connectivity index (χ0) is 13.6. The second kappa shape index (κ2) is 7.07. The Labute approximate surface area is 120 Å². The minimum Gasteiger partial charge on any atom is -0.492 e. The quantitative estimate of drug-likeness (QED) is 0.825. The van der Waals surface area contributed by atoms with Crippen LogP contribution in [-0.4, -0.2) is 50.6 Å². The first-order valence-corrected chi connectivity index (χ1v) is 7.55. The van der Waals surface area contributed by atoms with Crippen LogP contribution in [0.3, 0.4) is 0 Å². The number of likely N-dealkylation sites (tertiary alicyclic amines) is 1. The molecule has 110 valence electrons. The van der Waals surface area contributed by atoms with Crippen molar-refractivity contribution in [1.29, 1.82) is 0 Å². The van der Waals surface area contributed by atoms with Crippen molar-refractivity contribution in [3.63, 3.8) is 0 Å². The van der Waals surface area contributed by atoms with E-state index in [2.05, 4.69) is 4.90 Å². The summed E-state index contributed by atoms with van der Waals surface area (Å²) >= 11 is 0. The molecule has 2 aliphatic heterocycles. The number of hydrogen-bond acceptors (Lipinski definition) is 4. The van der Waals surface area contributed by atoms with E-state index in [-0.39, 0.29) is 6.29 Å². The standard InChI is InChI=1S/C16H23NO3/c1-2-6-15(7-3-1)18-10-9-17-8-4-5-14(13-17)16-19-11-12-20-16/h1-3,6-7,14,16H,4-5,8-13H2/t14-/m0/s1. The van der Waals surface area contributed by atoms with Crippen molar-refractivity contribution < 1.29 is 14.2 Å². The lowest BCUT2D eigenvalue weighted by Crippen LogP contribution is -2.42. The summed E-state index contributed by atoms with van der Waals surface area (Å²) in [4.78, 5) is 2.46. The van der Waals surface area contributed by atoms with Crippen molar-refractivity contribution >= 4 is 0 Å². The van der Waals surface area contributed by atoms with Crippen molar-refractivity contribution in [3.05, 3.63) is 30.3 Å². The summed E-state index contributed by atoms with van der Waals surface area (Å²) in [6, 6.07) is 10.0. The number of benzene rings is 1. The summed E-state index contributed by atoms with van der Waals surface area (Å²) in [5, 5.41) is 0. The third-order valence-corrected chi connectivity index (χ3v) is 3.99. The number of piperidine rings is 1. The first-order chi connectivity index (χ1) is 9.92. The summed E-state index contributed by atoms with van der Waals surface area (Å²) in [7, 11) is 0. The molecule has 1 atom stereocenters. The SMILES string of the molecule is c1ccc(OCCN2CCC[C@H](C3OCCO3)C2)cc1. The Morgan fingerprint density at radius 2 is 1.95 bits per heavy atom. The van der Waals surface area contributed by atoms with Crippen LogP contribution in [0.15, 0.2) is 30.3 Å². The average Bonchev–Trinajstić information content (AvgIpc) is 3.03. The number of ether oxygens (including phenoxy) is 3. The molecular weight excluding hydrogens is 254 g/mol. The predicted molar refractivity (Wildman–Crippen MR) is 76.8 cm³/mol. The van der Waals surface area contributed by atoms with Crippen LogP contribution in [0.5, 0.6) is 5.75 Å². The monoisotopic (exact) mass is 277 g/mol. The Kier molecular flexibility index (Phi) is 4.90. The Hall–Kier alpha value is -1.10. The van der Waals surface area contributed by atoms with Gasteiger partial charge in [0.1, 0.15) is 12.4 Å². The molecule has 2 fully saturated rings. The summed E-state index contributed by atoms with van der Waals surface area (Å²) in [5.41, 5.74) is 0. The molecule has 0 unspecified atom stereocenters. The van der Waals surface area contributed by atoms with Crippen LogP contribution in [0.25, 0.3) is 0 Å². The minimum atomic E-state index is 0.0211. The van der Waals surface area contributed by atoms with Gasteiger partial charge in [-0.2, -0.15) is 0 Å². The molecule has 4 heteroatoms. The average molecular weight is 277 g/mol. The van der Waals surface area contributed by atoms with E-state index >= 15 is 0 Å². The van der Waals surface area contributed by atoms with Gasteiger partial charge in [-0.25, -0.2) is 0 Å². The van der Waals surface area contributed by atoms with Crippen LogP contribution < -0.4 is 4.74 Å². The lowest BCUT2D eigenvalue weighted by Gasteiger charge is -2.34. The zero-order valence-corrected chi connectivity index (χ0v) is 11.9. The lowest BCUT2D eigenvalue weighted by atomic mass is 9.97. The first kappa shape index (κ1) is 13.9. The molecule has 1 aromatic carbocycles. The molecule has 20 heavy (non-hydrogen) atoms. The molecule has 0 bridgehead atoms. The third-order valence-electron chi connectivity index (χ3n) is 3.99. The molecule has 0 saturated carbocycles. The molecule has 0 spiro atoms. The summed E-state index contributed by atoms with van der Waals surface area (Å²) in [6.07, 6.45) is 2.45. The normalized spacial score (nSPS) is 24.9. The van der Waals surface area contributed by atoms with Crippen molar-refractivity contribution in [2.45, 2.75) is 19.1 Å². The maximum Gasteiger partial charge on any atom is 0.161 e. The zero-order valence-electron chi connectivity index (χ0n) is 11.9. The second-order valence-electron chi connectivity index (χ2n) is 5.47. The maximum absolute atomic E-state index is 5.77. The summed E-state index contributed by atoms with van der Waals surface area (Å²) < 4.78 is 17.0. The maximum atomic E-state index is 5.77. The highest BCUT2D eigenvalue weighted by Gasteiger charge is 2.30. The fourth-order valence-electron chi connectivity index (χ4n) is 2.97. The van der Waals surface area contributed by atoms with Gasteiger partial charge < -0.3 is 14.2 Å². The van der Waals surface area contributed by atoms with Gasteiger partial charge in [0.05, 0.1) is 13.2 Å². The predicted octanol–water partition coefficient (Wildman–Crippen LogP) is 2.15. The Morgan fingerprint density at radius 1 is 1.15 bits per heavy atom. The number of rotatable bonds is 5. The fourth-order valence-corrected chi connectivity index (χ4v) is 2.97. The van der Waals surface area contributed by atoms with Gasteiger partial charge in [-0.05, 0) is 31.5 Å². The van der Waals surface area contributed by atoms with Gasteiger partial charge in [0.25, 0.3) is 0 Å². The molecular formula is C16H23NO3. The van der Waals surface area contributed by atoms with Crippen LogP contribution in [0.1, 0.15) is 12.8 Å². The van der Waals surface area contributed by atoms with E-state index in [1.54, 1.807) is 0 Å². The topological polar surface area (TPSA) is 30.9 Å². The third kappa shape index (κ3) is 3.72. The molecule has 0 aromatic heterocycles. The summed E-state index contributed by atoms with van der Waals surface area (Å²) in [6.45, 7) is 5.42. The molecule has 2 saturated heterocycles. The van der Waals surface area contributed by atoms with Gasteiger partial charge in [-0.1, -0.05) is 18.2 Å². The van der Waals surface area contributed by atoms with Gasteiger partial charge in [0.2, 0.25) is 0 Å².